The van der Waals surface area contributed by atoms with E-state index in [4.69, 9.17) is 22.1 Å². The van der Waals surface area contributed by atoms with Crippen LogP contribution in [0.4, 0.5) is 0 Å². The first-order chi connectivity index (χ1) is 9.18. The lowest BCUT2D eigenvalue weighted by Crippen LogP contribution is -2.49. The fourth-order valence-electron chi connectivity index (χ4n) is 2.29. The van der Waals surface area contributed by atoms with E-state index in [1.807, 2.05) is 24.3 Å². The summed E-state index contributed by atoms with van der Waals surface area (Å²) in [5.74, 6) is -0.00165. The lowest BCUT2D eigenvalue weighted by atomic mass is 9.79. The number of hydrogen-bond donors (Lipinski definition) is 2. The van der Waals surface area contributed by atoms with Crippen LogP contribution in [0.15, 0.2) is 24.3 Å². The van der Waals surface area contributed by atoms with Gasteiger partial charge in [-0.15, -0.1) is 0 Å². The molecule has 2 rings (SSSR count). The van der Waals surface area contributed by atoms with Crippen molar-refractivity contribution in [3.8, 4) is 0 Å². The predicted octanol–water partition coefficient (Wildman–Crippen LogP) is 1.71. The Balaban J connectivity index is 1.98. The van der Waals surface area contributed by atoms with Gasteiger partial charge in [0.15, 0.2) is 0 Å². The van der Waals surface area contributed by atoms with Crippen LogP contribution in [0.5, 0.6) is 0 Å². The lowest BCUT2D eigenvalue weighted by molar-refractivity contribution is -0.136. The summed E-state index contributed by atoms with van der Waals surface area (Å²) in [6.45, 7) is 1.97. The quantitative estimate of drug-likeness (QED) is 0.884. The minimum Gasteiger partial charge on any atom is -0.381 e. The number of carbonyl (C=O) groups is 1. The third-order valence-electron chi connectivity index (χ3n) is 3.72. The van der Waals surface area contributed by atoms with Gasteiger partial charge in [0.2, 0.25) is 5.91 Å². The number of hydrogen-bond acceptors (Lipinski definition) is 3. The number of carbonyl (C=O) groups excluding carboxylic acids is 1. The maximum absolute atomic E-state index is 12.3. The smallest absolute Gasteiger partial charge is 0.227 e. The highest BCUT2D eigenvalue weighted by Gasteiger charge is 2.38. The van der Waals surface area contributed by atoms with E-state index in [1.54, 1.807) is 0 Å². The van der Waals surface area contributed by atoms with Gasteiger partial charge in [0, 0.05) is 31.3 Å². The second-order valence-electron chi connectivity index (χ2n) is 4.87. The van der Waals surface area contributed by atoms with Gasteiger partial charge in [-0.3, -0.25) is 4.79 Å². The predicted molar refractivity (Wildman–Crippen MR) is 74.8 cm³/mol. The number of nitrogens with one attached hydrogen (secondary N) is 1. The minimum absolute atomic E-state index is 0.00165. The Kier molecular flexibility index (Phi) is 4.80. The summed E-state index contributed by atoms with van der Waals surface area (Å²) < 4.78 is 5.30. The van der Waals surface area contributed by atoms with Gasteiger partial charge in [0.1, 0.15) is 0 Å². The minimum atomic E-state index is -0.487. The Hall–Kier alpha value is -1.10. The van der Waals surface area contributed by atoms with Gasteiger partial charge >= 0.3 is 0 Å². The number of halogens is 1. The van der Waals surface area contributed by atoms with Gasteiger partial charge in [-0.25, -0.2) is 0 Å². The molecule has 4 nitrogen and oxygen atoms in total. The summed E-state index contributed by atoms with van der Waals surface area (Å²) in [7, 11) is 0. The highest BCUT2D eigenvalue weighted by Crippen LogP contribution is 2.29. The number of benzene rings is 1. The Morgan fingerprint density at radius 3 is 2.68 bits per heavy atom. The van der Waals surface area contributed by atoms with Crippen molar-refractivity contribution in [3.05, 3.63) is 34.9 Å². The van der Waals surface area contributed by atoms with Gasteiger partial charge in [0.25, 0.3) is 0 Å². The third-order valence-corrected chi connectivity index (χ3v) is 4.09. The molecule has 0 unspecified atom stereocenters. The number of amides is 1. The maximum atomic E-state index is 12.3. The molecule has 1 aromatic rings. The van der Waals surface area contributed by atoms with E-state index >= 15 is 0 Å². The first-order valence-corrected chi connectivity index (χ1v) is 6.85. The highest BCUT2D eigenvalue weighted by atomic mass is 35.5. The molecule has 1 heterocycles. The fourth-order valence-corrected chi connectivity index (χ4v) is 2.49. The van der Waals surface area contributed by atoms with Crippen molar-refractivity contribution >= 4 is 17.5 Å². The Morgan fingerprint density at radius 2 is 2.05 bits per heavy atom. The fraction of sp³-hybridized carbons (Fsp3) is 0.500. The van der Waals surface area contributed by atoms with Crippen LogP contribution in [-0.2, 0) is 16.1 Å². The second-order valence-corrected chi connectivity index (χ2v) is 5.28. The summed E-state index contributed by atoms with van der Waals surface area (Å²) in [5, 5.41) is 3.61. The van der Waals surface area contributed by atoms with Gasteiger partial charge in [-0.05, 0) is 24.5 Å². The molecule has 0 spiro atoms. The molecule has 104 valence electrons. The number of nitrogens with two attached hydrogens (primary N) is 1. The Labute approximate surface area is 118 Å². The van der Waals surface area contributed by atoms with E-state index in [-0.39, 0.29) is 5.91 Å². The van der Waals surface area contributed by atoms with Crippen LogP contribution in [0.2, 0.25) is 5.02 Å². The topological polar surface area (TPSA) is 64.4 Å². The normalized spacial score (nSPS) is 18.0. The van der Waals surface area contributed by atoms with Crippen molar-refractivity contribution in [1.29, 1.82) is 0 Å². The molecule has 0 aliphatic carbocycles. The number of ether oxygens (including phenoxy) is 1. The lowest BCUT2D eigenvalue weighted by Gasteiger charge is -2.34. The zero-order valence-electron chi connectivity index (χ0n) is 10.8. The number of rotatable bonds is 4. The second kappa shape index (κ2) is 6.37. The molecular formula is C14H19ClN2O2. The SMILES string of the molecule is NCC1(C(=O)NCc2ccccc2Cl)CCOCC1. The highest BCUT2D eigenvalue weighted by molar-refractivity contribution is 6.31. The molecule has 0 atom stereocenters. The molecule has 1 amide bonds. The molecule has 5 heteroatoms. The van der Waals surface area contributed by atoms with Crippen LogP contribution in [0.25, 0.3) is 0 Å². The Bertz CT molecular complexity index is 445. The molecule has 0 saturated carbocycles. The van der Waals surface area contributed by atoms with E-state index in [0.29, 0.717) is 44.2 Å². The van der Waals surface area contributed by atoms with E-state index in [1.165, 1.54) is 0 Å². The summed E-state index contributed by atoms with van der Waals surface area (Å²) in [6, 6.07) is 7.49. The van der Waals surface area contributed by atoms with Crippen molar-refractivity contribution in [3.63, 3.8) is 0 Å². The van der Waals surface area contributed by atoms with Gasteiger partial charge in [-0.1, -0.05) is 29.8 Å². The standard InChI is InChI=1S/C14H19ClN2O2/c15-12-4-2-1-3-11(12)9-17-13(18)14(10-16)5-7-19-8-6-14/h1-4H,5-10,16H2,(H,17,18). The van der Waals surface area contributed by atoms with Gasteiger partial charge in [-0.2, -0.15) is 0 Å². The van der Waals surface area contributed by atoms with Crippen LogP contribution in [0, 0.1) is 5.41 Å². The first-order valence-electron chi connectivity index (χ1n) is 6.47. The van der Waals surface area contributed by atoms with E-state index in [0.717, 1.165) is 5.56 Å². The van der Waals surface area contributed by atoms with Crippen LogP contribution < -0.4 is 11.1 Å². The van der Waals surface area contributed by atoms with Crippen molar-refractivity contribution in [2.45, 2.75) is 19.4 Å². The summed E-state index contributed by atoms with van der Waals surface area (Å²) in [4.78, 5) is 12.3. The van der Waals surface area contributed by atoms with Gasteiger partial charge in [0.05, 0.1) is 5.41 Å². The molecule has 19 heavy (non-hydrogen) atoms. The van der Waals surface area contributed by atoms with Crippen LogP contribution >= 0.6 is 11.6 Å². The maximum Gasteiger partial charge on any atom is 0.227 e. The van der Waals surface area contributed by atoms with Crippen LogP contribution in [-0.4, -0.2) is 25.7 Å². The zero-order valence-corrected chi connectivity index (χ0v) is 11.6. The molecule has 1 aromatic carbocycles. The van der Waals surface area contributed by atoms with E-state index < -0.39 is 5.41 Å². The van der Waals surface area contributed by atoms with E-state index in [9.17, 15) is 4.79 Å². The summed E-state index contributed by atoms with van der Waals surface area (Å²) >= 11 is 6.07. The molecule has 1 aliphatic heterocycles. The Morgan fingerprint density at radius 1 is 1.37 bits per heavy atom. The average molecular weight is 283 g/mol. The zero-order chi connectivity index (χ0) is 13.7. The molecule has 1 saturated heterocycles. The molecule has 0 radical (unpaired) electrons. The van der Waals surface area contributed by atoms with Crippen molar-refractivity contribution in [2.75, 3.05) is 19.8 Å². The molecule has 0 aromatic heterocycles. The van der Waals surface area contributed by atoms with Gasteiger partial charge < -0.3 is 15.8 Å². The van der Waals surface area contributed by atoms with E-state index in [2.05, 4.69) is 5.32 Å². The molecule has 1 fully saturated rings. The van der Waals surface area contributed by atoms with Crippen LogP contribution in [0.1, 0.15) is 18.4 Å². The molecule has 0 bridgehead atoms. The molecule has 3 N–H and O–H groups in total. The summed E-state index contributed by atoms with van der Waals surface area (Å²) in [5.41, 5.74) is 6.22. The molecular weight excluding hydrogens is 264 g/mol. The summed E-state index contributed by atoms with van der Waals surface area (Å²) in [6.07, 6.45) is 1.36. The van der Waals surface area contributed by atoms with Crippen molar-refractivity contribution in [1.82, 2.24) is 5.32 Å². The first kappa shape index (κ1) is 14.3. The van der Waals surface area contributed by atoms with Crippen molar-refractivity contribution < 1.29 is 9.53 Å². The average Bonchev–Trinajstić information content (AvgIpc) is 2.46. The molecule has 1 aliphatic rings. The van der Waals surface area contributed by atoms with Crippen LogP contribution in [0.3, 0.4) is 0 Å². The monoisotopic (exact) mass is 282 g/mol. The third kappa shape index (κ3) is 3.26. The van der Waals surface area contributed by atoms with Crippen molar-refractivity contribution in [2.24, 2.45) is 11.1 Å². The largest absolute Gasteiger partial charge is 0.381 e.